The monoisotopic (exact) mass is 556 g/mol. The van der Waals surface area contributed by atoms with Gasteiger partial charge >= 0.3 is 0 Å². The number of phenolic OH excluding ortho intramolecular Hbond substituents is 1. The maximum atomic E-state index is 12.5. The van der Waals surface area contributed by atoms with Crippen LogP contribution in [0.2, 0.25) is 0 Å². The Morgan fingerprint density at radius 1 is 1.10 bits per heavy atom. The topological polar surface area (TPSA) is 136 Å². The van der Waals surface area contributed by atoms with Gasteiger partial charge in [0.25, 0.3) is 0 Å². The van der Waals surface area contributed by atoms with Gasteiger partial charge in [-0.05, 0) is 67.7 Å². The van der Waals surface area contributed by atoms with Crippen molar-refractivity contribution >= 4 is 11.8 Å². The molecule has 1 aromatic carbocycles. The van der Waals surface area contributed by atoms with Crippen molar-refractivity contribution in [3.63, 3.8) is 0 Å². The Morgan fingerprint density at radius 2 is 1.75 bits per heavy atom. The van der Waals surface area contributed by atoms with Crippen molar-refractivity contribution in [3.05, 3.63) is 71.7 Å². The quantitative estimate of drug-likeness (QED) is 0.175. The highest BCUT2D eigenvalue weighted by molar-refractivity contribution is 5.88. The van der Waals surface area contributed by atoms with Gasteiger partial charge in [0.05, 0.1) is 51.7 Å². The van der Waals surface area contributed by atoms with Crippen molar-refractivity contribution in [3.8, 4) is 11.5 Å². The van der Waals surface area contributed by atoms with E-state index in [-0.39, 0.29) is 60.1 Å². The summed E-state index contributed by atoms with van der Waals surface area (Å²) in [5.74, 6) is 0.263. The van der Waals surface area contributed by atoms with Crippen molar-refractivity contribution in [1.29, 1.82) is 0 Å². The van der Waals surface area contributed by atoms with E-state index in [4.69, 9.17) is 18.9 Å². The van der Waals surface area contributed by atoms with Gasteiger partial charge in [-0.2, -0.15) is 0 Å². The second-order valence-corrected chi connectivity index (χ2v) is 9.78. The average molecular weight is 557 g/mol. The van der Waals surface area contributed by atoms with Gasteiger partial charge in [-0.3, -0.25) is 9.59 Å². The number of aliphatic hydroxyl groups is 1. The molecule has 10 heteroatoms. The molecule has 0 aliphatic carbocycles. The number of allylic oxidation sites excluding steroid dienone is 4. The van der Waals surface area contributed by atoms with Crippen molar-refractivity contribution in [2.24, 2.45) is 5.92 Å². The van der Waals surface area contributed by atoms with Crippen LogP contribution in [0.5, 0.6) is 11.5 Å². The van der Waals surface area contributed by atoms with Crippen LogP contribution in [0.3, 0.4) is 0 Å². The fourth-order valence-corrected chi connectivity index (χ4v) is 4.58. The fraction of sp³-hybridized carbons (Fsp3) is 0.467. The van der Waals surface area contributed by atoms with E-state index in [9.17, 15) is 19.8 Å². The molecule has 2 aliphatic heterocycles. The lowest BCUT2D eigenvalue weighted by atomic mass is 9.93. The number of nitrogens with one attached hydrogen (secondary N) is 2. The number of ether oxygens (including phenoxy) is 4. The SMILES string of the molecule is C/C=C(O)\C(=C/C(C)/C=C/C(=O)NC1COC2CC1OCC2NC(=O)/C=C/CCc1ccc(O)c(OC)c1)OC. The summed E-state index contributed by atoms with van der Waals surface area (Å²) in [5.41, 5.74) is 0.996. The van der Waals surface area contributed by atoms with E-state index >= 15 is 0 Å². The van der Waals surface area contributed by atoms with E-state index in [0.29, 0.717) is 37.4 Å². The molecule has 2 heterocycles. The van der Waals surface area contributed by atoms with E-state index in [1.165, 1.54) is 32.4 Å². The van der Waals surface area contributed by atoms with E-state index in [1.54, 1.807) is 37.3 Å². The van der Waals surface area contributed by atoms with Crippen molar-refractivity contribution < 1.29 is 38.7 Å². The minimum atomic E-state index is -0.295. The number of rotatable bonds is 12. The van der Waals surface area contributed by atoms with Crippen molar-refractivity contribution in [1.82, 2.24) is 10.6 Å². The van der Waals surface area contributed by atoms with Crippen LogP contribution < -0.4 is 15.4 Å². The van der Waals surface area contributed by atoms with Crippen LogP contribution in [0, 0.1) is 5.92 Å². The fourth-order valence-electron chi connectivity index (χ4n) is 4.58. The van der Waals surface area contributed by atoms with Gasteiger partial charge in [-0.25, -0.2) is 0 Å². The number of aromatic hydroxyl groups is 1. The zero-order valence-corrected chi connectivity index (χ0v) is 23.5. The molecule has 5 atom stereocenters. The largest absolute Gasteiger partial charge is 0.504 e. The number of aryl methyl sites for hydroxylation is 1. The first-order valence-corrected chi connectivity index (χ1v) is 13.4. The highest BCUT2D eigenvalue weighted by atomic mass is 16.5. The molecule has 0 aromatic heterocycles. The van der Waals surface area contributed by atoms with E-state index in [2.05, 4.69) is 10.6 Å². The van der Waals surface area contributed by atoms with Gasteiger partial charge in [0.2, 0.25) is 11.8 Å². The molecule has 2 aliphatic rings. The predicted octanol–water partition coefficient (Wildman–Crippen LogP) is 3.23. The van der Waals surface area contributed by atoms with Crippen LogP contribution in [0.15, 0.2) is 66.2 Å². The molecule has 2 fully saturated rings. The van der Waals surface area contributed by atoms with Crippen LogP contribution in [0.25, 0.3) is 0 Å². The van der Waals surface area contributed by atoms with Crippen LogP contribution in [-0.2, 0) is 30.2 Å². The summed E-state index contributed by atoms with van der Waals surface area (Å²) in [6, 6.07) is 4.62. The van der Waals surface area contributed by atoms with Gasteiger partial charge in [0, 0.05) is 6.42 Å². The molecule has 218 valence electrons. The lowest BCUT2D eigenvalue weighted by Crippen LogP contribution is -2.62. The Kier molecular flexibility index (Phi) is 11.6. The molecule has 0 radical (unpaired) electrons. The van der Waals surface area contributed by atoms with Gasteiger partial charge in [-0.15, -0.1) is 0 Å². The van der Waals surface area contributed by atoms with Gasteiger partial charge in [0.15, 0.2) is 23.0 Å². The van der Waals surface area contributed by atoms with Crippen LogP contribution in [0.1, 0.15) is 32.3 Å². The number of carbonyl (C=O) groups is 2. The lowest BCUT2D eigenvalue weighted by molar-refractivity contribution is -0.159. The van der Waals surface area contributed by atoms with Crippen molar-refractivity contribution in [2.45, 2.75) is 57.4 Å². The third kappa shape index (κ3) is 8.89. The average Bonchev–Trinajstić information content (AvgIpc) is 2.96. The molecular weight excluding hydrogens is 516 g/mol. The second kappa shape index (κ2) is 15.1. The summed E-state index contributed by atoms with van der Waals surface area (Å²) in [6.45, 7) is 4.15. The second-order valence-electron chi connectivity index (χ2n) is 9.78. The zero-order valence-electron chi connectivity index (χ0n) is 23.5. The number of phenols is 1. The third-order valence-corrected chi connectivity index (χ3v) is 6.82. The minimum absolute atomic E-state index is 0.0352. The highest BCUT2D eigenvalue weighted by Gasteiger charge is 2.41. The summed E-state index contributed by atoms with van der Waals surface area (Å²) < 4.78 is 22.2. The Balaban J connectivity index is 1.41. The molecule has 40 heavy (non-hydrogen) atoms. The summed E-state index contributed by atoms with van der Waals surface area (Å²) >= 11 is 0. The molecule has 1 aromatic rings. The summed E-state index contributed by atoms with van der Waals surface area (Å²) in [7, 11) is 2.98. The molecule has 0 spiro atoms. The summed E-state index contributed by atoms with van der Waals surface area (Å²) in [4.78, 5) is 24.9. The van der Waals surface area contributed by atoms with Crippen LogP contribution in [0.4, 0.5) is 0 Å². The Bertz CT molecular complexity index is 1140. The number of benzene rings is 1. The van der Waals surface area contributed by atoms with E-state index < -0.39 is 0 Å². The molecule has 2 amide bonds. The number of methoxy groups -OCH3 is 2. The van der Waals surface area contributed by atoms with E-state index in [0.717, 1.165) is 5.56 Å². The molecule has 3 rings (SSSR count). The van der Waals surface area contributed by atoms with E-state index in [1.807, 2.05) is 13.0 Å². The predicted molar refractivity (Wildman–Crippen MR) is 150 cm³/mol. The van der Waals surface area contributed by atoms with Gasteiger partial charge < -0.3 is 39.8 Å². The Morgan fingerprint density at radius 3 is 2.35 bits per heavy atom. The molecule has 5 unspecified atom stereocenters. The summed E-state index contributed by atoms with van der Waals surface area (Å²) in [6.07, 6.45) is 11.2. The minimum Gasteiger partial charge on any atom is -0.504 e. The third-order valence-electron chi connectivity index (χ3n) is 6.82. The molecule has 2 bridgehead atoms. The number of fused-ring (bicyclic) bond motifs is 2. The number of carbonyl (C=O) groups excluding carboxylic acids is 2. The number of hydrogen-bond donors (Lipinski definition) is 4. The Labute approximate surface area is 235 Å². The number of aliphatic hydroxyl groups excluding tert-OH is 1. The lowest BCUT2D eigenvalue weighted by Gasteiger charge is -2.44. The Hall–Kier alpha value is -3.76. The molecular formula is C30H40N2O8. The summed E-state index contributed by atoms with van der Waals surface area (Å²) in [5, 5.41) is 25.4. The maximum absolute atomic E-state index is 12.5. The first-order chi connectivity index (χ1) is 19.2. The molecule has 4 N–H and O–H groups in total. The smallest absolute Gasteiger partial charge is 0.244 e. The first-order valence-electron chi connectivity index (χ1n) is 13.4. The normalized spacial score (nSPS) is 24.1. The number of amides is 2. The standard InChI is InChI=1S/C30H40N2O8/c1-5-23(33)27(37-3)14-19(2)10-13-30(36)32-22-18-40-25-16-26(22)39-17-21(25)31-29(35)9-7-6-8-20-11-12-24(34)28(15-20)38-4/h5,7,9-15,19,21-22,25-26,33-34H,6,8,16-18H2,1-4H3,(H,31,35)(H,32,36)/b9-7+,13-10+,23-5+,27-14+. The van der Waals surface area contributed by atoms with Crippen LogP contribution >= 0.6 is 0 Å². The van der Waals surface area contributed by atoms with Crippen molar-refractivity contribution in [2.75, 3.05) is 27.4 Å². The number of hydrogen-bond acceptors (Lipinski definition) is 8. The van der Waals surface area contributed by atoms with Gasteiger partial charge in [0.1, 0.15) is 0 Å². The highest BCUT2D eigenvalue weighted by Crippen LogP contribution is 2.27. The zero-order chi connectivity index (χ0) is 29.1. The molecule has 2 saturated heterocycles. The molecule has 10 nitrogen and oxygen atoms in total. The molecule has 0 saturated carbocycles. The maximum Gasteiger partial charge on any atom is 0.244 e. The first kappa shape index (κ1) is 30.8. The van der Waals surface area contributed by atoms with Gasteiger partial charge in [-0.1, -0.05) is 25.1 Å². The van der Waals surface area contributed by atoms with Crippen LogP contribution in [-0.4, -0.2) is 73.8 Å².